The molecule has 3 N–H and O–H groups in total. The number of hydrogen-bond donors (Lipinski definition) is 2. The van der Waals surface area contributed by atoms with Gasteiger partial charge in [-0.15, -0.1) is 0 Å². The summed E-state index contributed by atoms with van der Waals surface area (Å²) in [6, 6.07) is 5.20. The molecule has 0 bridgehead atoms. The third-order valence-electron chi connectivity index (χ3n) is 2.76. The van der Waals surface area contributed by atoms with Gasteiger partial charge >= 0.3 is 0 Å². The Hall–Kier alpha value is -0.320. The van der Waals surface area contributed by atoms with Gasteiger partial charge < -0.3 is 15.6 Å². The highest BCUT2D eigenvalue weighted by Crippen LogP contribution is 2.35. The van der Waals surface area contributed by atoms with E-state index in [1.54, 1.807) is 18.2 Å². The minimum atomic E-state index is -0.661. The average Bonchev–Trinajstić information content (AvgIpc) is 2.34. The van der Waals surface area contributed by atoms with Gasteiger partial charge in [-0.1, -0.05) is 49.0 Å². The van der Waals surface area contributed by atoms with Crippen LogP contribution in [0.4, 0.5) is 0 Å². The van der Waals surface area contributed by atoms with Crippen LogP contribution in [0.1, 0.15) is 37.9 Å². The first-order valence-corrected chi connectivity index (χ1v) is 6.81. The van der Waals surface area contributed by atoms with Crippen molar-refractivity contribution in [2.24, 2.45) is 5.73 Å². The van der Waals surface area contributed by atoms with E-state index in [1.165, 1.54) is 0 Å². The van der Waals surface area contributed by atoms with Gasteiger partial charge in [-0.05, 0) is 18.6 Å². The molecule has 0 spiro atoms. The van der Waals surface area contributed by atoms with E-state index in [2.05, 4.69) is 6.92 Å². The van der Waals surface area contributed by atoms with E-state index < -0.39 is 12.2 Å². The van der Waals surface area contributed by atoms with Crippen LogP contribution in [0, 0.1) is 0 Å². The molecule has 0 aliphatic heterocycles. The van der Waals surface area contributed by atoms with Gasteiger partial charge in [-0.3, -0.25) is 0 Å². The van der Waals surface area contributed by atoms with Gasteiger partial charge in [0.15, 0.2) is 0 Å². The Morgan fingerprint density at radius 1 is 1.33 bits per heavy atom. The van der Waals surface area contributed by atoms with Gasteiger partial charge in [0.1, 0.15) is 6.10 Å². The highest BCUT2D eigenvalue weighted by Gasteiger charge is 2.25. The number of aliphatic hydroxyl groups is 1. The third kappa shape index (κ3) is 4.11. The van der Waals surface area contributed by atoms with Gasteiger partial charge in [-0.25, -0.2) is 0 Å². The second kappa shape index (κ2) is 7.97. The summed E-state index contributed by atoms with van der Waals surface area (Å²) in [5.74, 6) is 0. The largest absolute Gasteiger partial charge is 0.390 e. The fourth-order valence-electron chi connectivity index (χ4n) is 1.84. The highest BCUT2D eigenvalue weighted by molar-refractivity contribution is 6.36. The maximum absolute atomic E-state index is 10.2. The quantitative estimate of drug-likeness (QED) is 0.756. The summed E-state index contributed by atoms with van der Waals surface area (Å²) >= 11 is 12.2. The van der Waals surface area contributed by atoms with Crippen molar-refractivity contribution in [2.45, 2.75) is 38.4 Å². The van der Waals surface area contributed by atoms with Crippen molar-refractivity contribution < 1.29 is 9.84 Å². The minimum Gasteiger partial charge on any atom is -0.390 e. The van der Waals surface area contributed by atoms with E-state index >= 15 is 0 Å². The van der Waals surface area contributed by atoms with Crippen molar-refractivity contribution in [3.8, 4) is 0 Å². The maximum Gasteiger partial charge on any atom is 0.113 e. The lowest BCUT2D eigenvalue weighted by Gasteiger charge is -2.24. The molecule has 1 rings (SSSR count). The minimum absolute atomic E-state index is 0.00933. The lowest BCUT2D eigenvalue weighted by Crippen LogP contribution is -2.24. The molecule has 2 atom stereocenters. The molecule has 18 heavy (non-hydrogen) atoms. The van der Waals surface area contributed by atoms with Crippen molar-refractivity contribution in [1.82, 2.24) is 0 Å². The summed E-state index contributed by atoms with van der Waals surface area (Å²) in [6.45, 7) is 2.07. The molecule has 0 radical (unpaired) electrons. The zero-order valence-corrected chi connectivity index (χ0v) is 11.9. The Morgan fingerprint density at radius 2 is 1.94 bits per heavy atom. The van der Waals surface area contributed by atoms with Crippen molar-refractivity contribution in [1.29, 1.82) is 0 Å². The number of benzene rings is 1. The summed E-state index contributed by atoms with van der Waals surface area (Å²) in [4.78, 5) is 0. The zero-order valence-electron chi connectivity index (χ0n) is 10.4. The highest BCUT2D eigenvalue weighted by atomic mass is 35.5. The van der Waals surface area contributed by atoms with E-state index in [1.807, 2.05) is 0 Å². The molecule has 0 saturated heterocycles. The molecule has 1 aromatic rings. The van der Waals surface area contributed by atoms with Crippen LogP contribution < -0.4 is 5.73 Å². The number of halogens is 2. The molecule has 0 amide bonds. The molecule has 0 aliphatic rings. The maximum atomic E-state index is 10.2. The van der Waals surface area contributed by atoms with Crippen molar-refractivity contribution in [3.63, 3.8) is 0 Å². The topological polar surface area (TPSA) is 55.5 Å². The summed E-state index contributed by atoms with van der Waals surface area (Å²) in [6.07, 6.45) is 1.30. The first-order chi connectivity index (χ1) is 8.61. The number of unbranched alkanes of at least 4 members (excludes halogenated alkanes) is 1. The van der Waals surface area contributed by atoms with Gasteiger partial charge in [0.05, 0.1) is 12.8 Å². The molecular formula is C13H19Cl2NO2. The van der Waals surface area contributed by atoms with Crippen LogP contribution in [0.15, 0.2) is 18.2 Å². The molecule has 0 aliphatic carbocycles. The Bertz CT molecular complexity index is 354. The third-order valence-corrected chi connectivity index (χ3v) is 3.42. The Balaban J connectivity index is 2.96. The van der Waals surface area contributed by atoms with Crippen LogP contribution in [-0.4, -0.2) is 17.9 Å². The predicted molar refractivity (Wildman–Crippen MR) is 74.9 cm³/mol. The number of aliphatic hydroxyl groups excluding tert-OH is 1. The van der Waals surface area contributed by atoms with E-state index in [4.69, 9.17) is 33.7 Å². The number of ether oxygens (including phenoxy) is 1. The molecule has 3 nitrogen and oxygen atoms in total. The average molecular weight is 292 g/mol. The Kier molecular flexibility index (Phi) is 6.97. The van der Waals surface area contributed by atoms with Gasteiger partial charge in [-0.2, -0.15) is 0 Å². The fraction of sp³-hybridized carbons (Fsp3) is 0.538. The normalized spacial score (nSPS) is 14.5. The van der Waals surface area contributed by atoms with Crippen molar-refractivity contribution >= 4 is 23.2 Å². The molecule has 102 valence electrons. The van der Waals surface area contributed by atoms with Crippen LogP contribution >= 0.6 is 23.2 Å². The Labute approximate surface area is 118 Å². The first-order valence-electron chi connectivity index (χ1n) is 6.05. The molecule has 0 saturated carbocycles. The zero-order chi connectivity index (χ0) is 13.5. The van der Waals surface area contributed by atoms with Crippen LogP contribution in [0.25, 0.3) is 0 Å². The number of nitrogens with two attached hydrogens (primary N) is 1. The molecular weight excluding hydrogens is 273 g/mol. The second-order valence-corrected chi connectivity index (χ2v) is 4.91. The van der Waals surface area contributed by atoms with Crippen LogP contribution in [-0.2, 0) is 4.74 Å². The first kappa shape index (κ1) is 15.7. The van der Waals surface area contributed by atoms with E-state index in [0.29, 0.717) is 22.0 Å². The standard InChI is InChI=1S/C13H19Cl2NO2/c1-2-3-7-11(17)13(18-8-16)12-9(14)5-4-6-10(12)15/h4-6,11,13,17H,2-3,7-8,16H2,1H3/t11-,13+/m0/s1. The smallest absolute Gasteiger partial charge is 0.113 e. The summed E-state index contributed by atoms with van der Waals surface area (Å²) in [7, 11) is 0. The van der Waals surface area contributed by atoms with E-state index in [0.717, 1.165) is 12.8 Å². The van der Waals surface area contributed by atoms with Crippen LogP contribution in [0.3, 0.4) is 0 Å². The monoisotopic (exact) mass is 291 g/mol. The van der Waals surface area contributed by atoms with Gasteiger partial charge in [0, 0.05) is 15.6 Å². The van der Waals surface area contributed by atoms with Crippen LogP contribution in [0.2, 0.25) is 10.0 Å². The van der Waals surface area contributed by atoms with Crippen LogP contribution in [0.5, 0.6) is 0 Å². The SMILES string of the molecule is CCCC[C@H](O)[C@@H](OCN)c1c(Cl)cccc1Cl. The Morgan fingerprint density at radius 3 is 2.44 bits per heavy atom. The van der Waals surface area contributed by atoms with Crippen molar-refractivity contribution in [3.05, 3.63) is 33.8 Å². The van der Waals surface area contributed by atoms with Gasteiger partial charge in [0.2, 0.25) is 0 Å². The summed E-state index contributed by atoms with van der Waals surface area (Å²) in [5, 5.41) is 11.1. The lowest BCUT2D eigenvalue weighted by molar-refractivity contribution is -0.0409. The summed E-state index contributed by atoms with van der Waals surface area (Å²) in [5.41, 5.74) is 6.02. The molecule has 0 heterocycles. The molecule has 5 heteroatoms. The van der Waals surface area contributed by atoms with E-state index in [-0.39, 0.29) is 6.73 Å². The molecule has 0 unspecified atom stereocenters. The molecule has 0 fully saturated rings. The fourth-order valence-corrected chi connectivity index (χ4v) is 2.45. The van der Waals surface area contributed by atoms with Crippen molar-refractivity contribution in [2.75, 3.05) is 6.73 Å². The molecule has 1 aromatic carbocycles. The lowest BCUT2D eigenvalue weighted by atomic mass is 10.00. The second-order valence-electron chi connectivity index (χ2n) is 4.10. The predicted octanol–water partition coefficient (Wildman–Crippen LogP) is 3.52. The van der Waals surface area contributed by atoms with E-state index in [9.17, 15) is 5.11 Å². The number of hydrogen-bond acceptors (Lipinski definition) is 3. The number of rotatable bonds is 7. The van der Waals surface area contributed by atoms with Gasteiger partial charge in [0.25, 0.3) is 0 Å². The molecule has 0 aromatic heterocycles. The summed E-state index contributed by atoms with van der Waals surface area (Å²) < 4.78 is 5.41.